The number of piperidine rings is 1. The molecule has 1 fully saturated rings. The van der Waals surface area contributed by atoms with E-state index in [1.54, 1.807) is 19.1 Å². The lowest BCUT2D eigenvalue weighted by molar-refractivity contribution is -0.133. The van der Waals surface area contributed by atoms with Crippen LogP contribution in [0.25, 0.3) is 0 Å². The lowest BCUT2D eigenvalue weighted by Gasteiger charge is -2.31. The summed E-state index contributed by atoms with van der Waals surface area (Å²) in [5.74, 6) is -1.40. The number of benzene rings is 1. The smallest absolute Gasteiger partial charge is 0.237 e. The zero-order valence-corrected chi connectivity index (χ0v) is 12.2. The van der Waals surface area contributed by atoms with Crippen molar-refractivity contribution in [3.05, 3.63) is 28.5 Å². The van der Waals surface area contributed by atoms with Crippen molar-refractivity contribution < 1.29 is 14.0 Å². The molecule has 0 spiro atoms. The van der Waals surface area contributed by atoms with Gasteiger partial charge in [0.15, 0.2) is 0 Å². The van der Waals surface area contributed by atoms with Gasteiger partial charge in [0.1, 0.15) is 11.6 Å². The van der Waals surface area contributed by atoms with Crippen LogP contribution in [0.15, 0.2) is 22.7 Å². The Morgan fingerprint density at radius 2 is 2.26 bits per heavy atom. The first-order valence-corrected chi connectivity index (χ1v) is 7.13. The van der Waals surface area contributed by atoms with Crippen LogP contribution < -0.4 is 4.90 Å². The zero-order chi connectivity index (χ0) is 14.0. The summed E-state index contributed by atoms with van der Waals surface area (Å²) in [4.78, 5) is 25.5. The molecule has 5 heteroatoms. The van der Waals surface area contributed by atoms with Crippen molar-refractivity contribution in [2.24, 2.45) is 5.92 Å². The van der Waals surface area contributed by atoms with Crippen molar-refractivity contribution in [3.63, 3.8) is 0 Å². The molecular formula is C14H15BrFNO2. The van der Waals surface area contributed by atoms with E-state index in [2.05, 4.69) is 15.9 Å². The van der Waals surface area contributed by atoms with Gasteiger partial charge in [-0.3, -0.25) is 9.59 Å². The zero-order valence-electron chi connectivity index (χ0n) is 10.7. The second-order valence-electron chi connectivity index (χ2n) is 4.60. The molecule has 0 N–H and O–H groups in total. The average molecular weight is 328 g/mol. The molecule has 1 unspecified atom stereocenters. The third kappa shape index (κ3) is 2.86. The Morgan fingerprint density at radius 3 is 2.95 bits per heavy atom. The van der Waals surface area contributed by atoms with E-state index in [1.807, 2.05) is 0 Å². The highest BCUT2D eigenvalue weighted by Crippen LogP contribution is 2.29. The van der Waals surface area contributed by atoms with E-state index in [0.717, 1.165) is 0 Å². The number of hydrogen-bond acceptors (Lipinski definition) is 2. The number of halogens is 2. The first-order chi connectivity index (χ1) is 9.04. The largest absolute Gasteiger partial charge is 0.309 e. The van der Waals surface area contributed by atoms with Gasteiger partial charge in [-0.25, -0.2) is 4.39 Å². The van der Waals surface area contributed by atoms with Gasteiger partial charge >= 0.3 is 0 Å². The molecule has 1 saturated heterocycles. The van der Waals surface area contributed by atoms with E-state index in [9.17, 15) is 14.0 Å². The number of ketones is 1. The summed E-state index contributed by atoms with van der Waals surface area (Å²) in [5.41, 5.74) is 0.243. The van der Waals surface area contributed by atoms with Crippen LogP contribution in [0.4, 0.5) is 10.1 Å². The molecule has 1 aliphatic rings. The lowest BCUT2D eigenvalue weighted by atomic mass is 9.91. The van der Waals surface area contributed by atoms with Gasteiger partial charge in [-0.1, -0.05) is 22.9 Å². The third-order valence-electron chi connectivity index (χ3n) is 3.37. The Hall–Kier alpha value is -1.23. The summed E-state index contributed by atoms with van der Waals surface area (Å²) >= 11 is 3.27. The number of amides is 1. The van der Waals surface area contributed by atoms with Gasteiger partial charge in [-0.05, 0) is 31.0 Å². The molecule has 0 aromatic heterocycles. The van der Waals surface area contributed by atoms with E-state index in [1.165, 1.54) is 11.0 Å². The van der Waals surface area contributed by atoms with Crippen LogP contribution in [0.2, 0.25) is 0 Å². The Bertz CT molecular complexity index is 518. The van der Waals surface area contributed by atoms with Crippen molar-refractivity contribution in [2.45, 2.75) is 26.2 Å². The van der Waals surface area contributed by atoms with Gasteiger partial charge in [-0.15, -0.1) is 0 Å². The van der Waals surface area contributed by atoms with Crippen LogP contribution in [-0.2, 0) is 9.59 Å². The fraction of sp³-hybridized carbons (Fsp3) is 0.429. The van der Waals surface area contributed by atoms with Gasteiger partial charge < -0.3 is 4.90 Å². The predicted octanol–water partition coefficient (Wildman–Crippen LogP) is 3.31. The summed E-state index contributed by atoms with van der Waals surface area (Å²) in [5, 5.41) is 0. The number of anilines is 1. The molecule has 1 aromatic carbocycles. The molecular weight excluding hydrogens is 313 g/mol. The standard InChI is InChI=1S/C14H15BrFNO2/c1-2-13(18)10-4-3-7-17(14(10)19)12-8-9(15)5-6-11(12)16/h5-6,8,10H,2-4,7H2,1H3. The highest BCUT2D eigenvalue weighted by molar-refractivity contribution is 9.10. The molecule has 1 atom stereocenters. The maximum Gasteiger partial charge on any atom is 0.237 e. The molecule has 0 aliphatic carbocycles. The van der Waals surface area contributed by atoms with Crippen LogP contribution in [0, 0.1) is 11.7 Å². The van der Waals surface area contributed by atoms with Crippen molar-refractivity contribution in [3.8, 4) is 0 Å². The van der Waals surface area contributed by atoms with E-state index >= 15 is 0 Å². The predicted molar refractivity (Wildman–Crippen MR) is 74.5 cm³/mol. The molecule has 102 valence electrons. The SMILES string of the molecule is CCC(=O)C1CCCN(c2cc(Br)ccc2F)C1=O. The second-order valence-corrected chi connectivity index (χ2v) is 5.52. The Morgan fingerprint density at radius 1 is 1.53 bits per heavy atom. The van der Waals surface area contributed by atoms with Gasteiger partial charge in [0.25, 0.3) is 0 Å². The van der Waals surface area contributed by atoms with Crippen LogP contribution in [-0.4, -0.2) is 18.2 Å². The fourth-order valence-electron chi connectivity index (χ4n) is 2.35. The Kier molecular flexibility index (Phi) is 4.34. The maximum absolute atomic E-state index is 13.8. The van der Waals surface area contributed by atoms with E-state index in [4.69, 9.17) is 0 Å². The number of nitrogens with zero attached hydrogens (tertiary/aromatic N) is 1. The molecule has 3 nitrogen and oxygen atoms in total. The first kappa shape index (κ1) is 14.2. The molecule has 0 radical (unpaired) electrons. The molecule has 1 aromatic rings. The monoisotopic (exact) mass is 327 g/mol. The number of carbonyl (C=O) groups is 2. The van der Waals surface area contributed by atoms with Gasteiger partial charge in [-0.2, -0.15) is 0 Å². The van der Waals surface area contributed by atoms with Gasteiger partial charge in [0.2, 0.25) is 5.91 Å². The molecule has 2 rings (SSSR count). The van der Waals surface area contributed by atoms with E-state index in [0.29, 0.717) is 30.3 Å². The van der Waals surface area contributed by atoms with Crippen LogP contribution in [0.3, 0.4) is 0 Å². The first-order valence-electron chi connectivity index (χ1n) is 6.33. The summed E-state index contributed by atoms with van der Waals surface area (Å²) in [6.45, 7) is 2.20. The lowest BCUT2D eigenvalue weighted by Crippen LogP contribution is -2.44. The molecule has 19 heavy (non-hydrogen) atoms. The summed E-state index contributed by atoms with van der Waals surface area (Å²) in [6.07, 6.45) is 1.62. The topological polar surface area (TPSA) is 37.4 Å². The molecule has 1 heterocycles. The molecule has 0 saturated carbocycles. The van der Waals surface area contributed by atoms with Crippen molar-refractivity contribution >= 4 is 33.3 Å². The summed E-state index contributed by atoms with van der Waals surface area (Å²) in [7, 11) is 0. The summed E-state index contributed by atoms with van der Waals surface area (Å²) in [6, 6.07) is 4.48. The fourth-order valence-corrected chi connectivity index (χ4v) is 2.70. The highest BCUT2D eigenvalue weighted by atomic mass is 79.9. The normalized spacial score (nSPS) is 19.6. The van der Waals surface area contributed by atoms with Crippen molar-refractivity contribution in [1.29, 1.82) is 0 Å². The third-order valence-corrected chi connectivity index (χ3v) is 3.87. The molecule has 1 aliphatic heterocycles. The van der Waals surface area contributed by atoms with Crippen LogP contribution >= 0.6 is 15.9 Å². The number of carbonyl (C=O) groups excluding carboxylic acids is 2. The molecule has 1 amide bonds. The van der Waals surface area contributed by atoms with Gasteiger partial charge in [0, 0.05) is 17.4 Å². The second kappa shape index (κ2) is 5.82. The highest BCUT2D eigenvalue weighted by Gasteiger charge is 2.34. The minimum atomic E-state index is -0.614. The number of rotatable bonds is 3. The van der Waals surface area contributed by atoms with E-state index < -0.39 is 11.7 Å². The van der Waals surface area contributed by atoms with Crippen molar-refractivity contribution in [1.82, 2.24) is 0 Å². The minimum Gasteiger partial charge on any atom is -0.309 e. The van der Waals surface area contributed by atoms with Crippen LogP contribution in [0.1, 0.15) is 26.2 Å². The minimum absolute atomic E-state index is 0.0647. The quantitative estimate of drug-likeness (QED) is 0.799. The number of Topliss-reactive ketones (excluding diaryl/α,β-unsaturated/α-hetero) is 1. The Labute approximate surface area is 119 Å². The van der Waals surface area contributed by atoms with E-state index in [-0.39, 0.29) is 17.4 Å². The maximum atomic E-state index is 13.8. The number of hydrogen-bond donors (Lipinski definition) is 0. The van der Waals surface area contributed by atoms with Gasteiger partial charge in [0.05, 0.1) is 11.6 Å². The Balaban J connectivity index is 2.31. The van der Waals surface area contributed by atoms with Crippen molar-refractivity contribution in [2.75, 3.05) is 11.4 Å². The average Bonchev–Trinajstić information content (AvgIpc) is 2.41. The van der Waals surface area contributed by atoms with Crippen LogP contribution in [0.5, 0.6) is 0 Å². The molecule has 0 bridgehead atoms. The summed E-state index contributed by atoms with van der Waals surface area (Å²) < 4.78 is 14.5.